The molecule has 2 atom stereocenters. The summed E-state index contributed by atoms with van der Waals surface area (Å²) in [5, 5.41) is 9.97. The highest BCUT2D eigenvalue weighted by Gasteiger charge is 2.42. The molecule has 2 aromatic rings. The molecule has 7 heteroatoms. The van der Waals surface area contributed by atoms with Gasteiger partial charge in [0.15, 0.2) is 6.04 Å². The van der Waals surface area contributed by atoms with Crippen molar-refractivity contribution in [1.29, 1.82) is 0 Å². The van der Waals surface area contributed by atoms with Crippen LogP contribution in [0.5, 0.6) is 5.75 Å². The van der Waals surface area contributed by atoms with E-state index in [0.717, 1.165) is 11.1 Å². The number of nitrogens with zero attached hydrogens (tertiary/aromatic N) is 1. The van der Waals surface area contributed by atoms with Crippen LogP contribution in [0.15, 0.2) is 48.5 Å². The van der Waals surface area contributed by atoms with Crippen LogP contribution in [0.25, 0.3) is 0 Å². The van der Waals surface area contributed by atoms with Crippen molar-refractivity contribution in [3.05, 3.63) is 65.2 Å². The molecular formula is C26H33NO6. The Bertz CT molecular complexity index is 953. The highest BCUT2D eigenvalue weighted by Crippen LogP contribution is 2.36. The molecule has 33 heavy (non-hydrogen) atoms. The number of ether oxygens (including phenoxy) is 3. The SMILES string of the molecule is C[C@H]1Cc2ccc(OCCCOCc3ccccc3)cc2C(C(=O)O)N1C(=O)OC(C)(C)C. The number of carboxylic acid groups (broad SMARTS) is 1. The van der Waals surface area contributed by atoms with Crippen LogP contribution in [0.2, 0.25) is 0 Å². The Hall–Kier alpha value is -3.06. The van der Waals surface area contributed by atoms with Gasteiger partial charge < -0.3 is 19.3 Å². The van der Waals surface area contributed by atoms with Gasteiger partial charge in [-0.05, 0) is 62.9 Å². The minimum atomic E-state index is -1.13. The third-order valence-electron chi connectivity index (χ3n) is 5.33. The second-order valence-corrected chi connectivity index (χ2v) is 9.28. The van der Waals surface area contributed by atoms with Crippen LogP contribution in [0.3, 0.4) is 0 Å². The van der Waals surface area contributed by atoms with Crippen molar-refractivity contribution >= 4 is 12.1 Å². The lowest BCUT2D eigenvalue weighted by atomic mass is 9.88. The summed E-state index contributed by atoms with van der Waals surface area (Å²) in [7, 11) is 0. The van der Waals surface area contributed by atoms with E-state index in [1.807, 2.05) is 49.4 Å². The first-order valence-corrected chi connectivity index (χ1v) is 11.3. The molecule has 0 saturated carbocycles. The van der Waals surface area contributed by atoms with Gasteiger partial charge in [0.1, 0.15) is 11.4 Å². The van der Waals surface area contributed by atoms with Gasteiger partial charge in [0.2, 0.25) is 0 Å². The summed E-state index contributed by atoms with van der Waals surface area (Å²) < 4.78 is 17.0. The molecule has 1 unspecified atom stereocenters. The fourth-order valence-electron chi connectivity index (χ4n) is 3.89. The number of hydrogen-bond acceptors (Lipinski definition) is 5. The van der Waals surface area contributed by atoms with Crippen LogP contribution in [-0.2, 0) is 27.3 Å². The molecule has 0 bridgehead atoms. The molecule has 0 aliphatic carbocycles. The quantitative estimate of drug-likeness (QED) is 0.565. The van der Waals surface area contributed by atoms with Crippen molar-refractivity contribution in [3.63, 3.8) is 0 Å². The van der Waals surface area contributed by atoms with Gasteiger partial charge in [-0.15, -0.1) is 0 Å². The van der Waals surface area contributed by atoms with Gasteiger partial charge in [-0.3, -0.25) is 4.90 Å². The molecule has 0 radical (unpaired) electrons. The molecule has 1 aliphatic rings. The lowest BCUT2D eigenvalue weighted by Gasteiger charge is -2.40. The largest absolute Gasteiger partial charge is 0.493 e. The first-order valence-electron chi connectivity index (χ1n) is 11.3. The maximum Gasteiger partial charge on any atom is 0.411 e. The summed E-state index contributed by atoms with van der Waals surface area (Å²) >= 11 is 0. The maximum absolute atomic E-state index is 12.8. The molecule has 0 spiro atoms. The fraction of sp³-hybridized carbons (Fsp3) is 0.462. The Balaban J connectivity index is 1.62. The highest BCUT2D eigenvalue weighted by molar-refractivity contribution is 5.83. The van der Waals surface area contributed by atoms with Gasteiger partial charge in [0.05, 0.1) is 19.8 Å². The number of fused-ring (bicyclic) bond motifs is 1. The van der Waals surface area contributed by atoms with E-state index >= 15 is 0 Å². The number of amides is 1. The molecule has 7 nitrogen and oxygen atoms in total. The smallest absolute Gasteiger partial charge is 0.411 e. The Labute approximate surface area is 195 Å². The zero-order valence-electron chi connectivity index (χ0n) is 19.7. The molecule has 1 N–H and O–H groups in total. The molecule has 1 amide bonds. The van der Waals surface area contributed by atoms with Gasteiger partial charge in [-0.1, -0.05) is 36.4 Å². The number of carbonyl (C=O) groups excluding carboxylic acids is 1. The lowest BCUT2D eigenvalue weighted by molar-refractivity contribution is -0.144. The van der Waals surface area contributed by atoms with E-state index in [1.165, 1.54) is 4.90 Å². The fourth-order valence-corrected chi connectivity index (χ4v) is 3.89. The molecule has 178 valence electrons. The number of carboxylic acids is 1. The highest BCUT2D eigenvalue weighted by atomic mass is 16.6. The molecule has 1 aliphatic heterocycles. The van der Waals surface area contributed by atoms with Crippen molar-refractivity contribution in [2.45, 2.75) is 64.8 Å². The van der Waals surface area contributed by atoms with E-state index < -0.39 is 23.7 Å². The molecule has 2 aromatic carbocycles. The van der Waals surface area contributed by atoms with Gasteiger partial charge in [0, 0.05) is 12.5 Å². The average Bonchev–Trinajstić information content (AvgIpc) is 2.74. The number of hydrogen-bond donors (Lipinski definition) is 1. The van der Waals surface area contributed by atoms with Crippen LogP contribution in [-0.4, -0.2) is 46.9 Å². The monoisotopic (exact) mass is 455 g/mol. The number of carbonyl (C=O) groups is 2. The predicted molar refractivity (Wildman–Crippen MR) is 124 cm³/mol. The molecule has 0 saturated heterocycles. The first-order chi connectivity index (χ1) is 15.7. The minimum Gasteiger partial charge on any atom is -0.493 e. The topological polar surface area (TPSA) is 85.3 Å². The third-order valence-corrected chi connectivity index (χ3v) is 5.33. The van der Waals surface area contributed by atoms with Crippen LogP contribution in [0.1, 0.15) is 56.8 Å². The Morgan fingerprint density at radius 1 is 1.09 bits per heavy atom. The zero-order valence-corrected chi connectivity index (χ0v) is 19.7. The summed E-state index contributed by atoms with van der Waals surface area (Å²) in [5.74, 6) is -0.526. The van der Waals surface area contributed by atoms with Crippen LogP contribution < -0.4 is 4.74 Å². The average molecular weight is 456 g/mol. The van der Waals surface area contributed by atoms with E-state index in [0.29, 0.717) is 44.0 Å². The van der Waals surface area contributed by atoms with Crippen molar-refractivity contribution in [2.75, 3.05) is 13.2 Å². The summed E-state index contributed by atoms with van der Waals surface area (Å²) in [6.45, 7) is 8.68. The normalized spacial score (nSPS) is 17.9. The standard InChI is InChI=1S/C26H33NO6/c1-18-15-20-11-12-21(32-14-8-13-31-17-19-9-6-5-7-10-19)16-22(20)23(24(28)29)27(18)25(30)33-26(2,3)4/h5-7,9-12,16,18,23H,8,13-15,17H2,1-4H3,(H,28,29)/t18-,23?/m0/s1. The van der Waals surface area contributed by atoms with Gasteiger partial charge in [-0.25, -0.2) is 9.59 Å². The first kappa shape index (κ1) is 24.6. The predicted octanol–water partition coefficient (Wildman–Crippen LogP) is 4.98. The number of benzene rings is 2. The second-order valence-electron chi connectivity index (χ2n) is 9.28. The Kier molecular flexibility index (Phi) is 7.97. The van der Waals surface area contributed by atoms with Gasteiger partial charge >= 0.3 is 12.1 Å². The maximum atomic E-state index is 12.8. The van der Waals surface area contributed by atoms with E-state index in [2.05, 4.69) is 0 Å². The second kappa shape index (κ2) is 10.7. The molecule has 1 heterocycles. The third kappa shape index (κ3) is 6.71. The van der Waals surface area contributed by atoms with Crippen LogP contribution >= 0.6 is 0 Å². The minimum absolute atomic E-state index is 0.304. The Morgan fingerprint density at radius 3 is 2.48 bits per heavy atom. The molecule has 0 fully saturated rings. The Morgan fingerprint density at radius 2 is 1.82 bits per heavy atom. The van der Waals surface area contributed by atoms with Gasteiger partial charge in [-0.2, -0.15) is 0 Å². The van der Waals surface area contributed by atoms with Crippen molar-refractivity contribution in [3.8, 4) is 5.75 Å². The van der Waals surface area contributed by atoms with E-state index in [-0.39, 0.29) is 6.04 Å². The lowest BCUT2D eigenvalue weighted by Crippen LogP contribution is -2.50. The summed E-state index contributed by atoms with van der Waals surface area (Å²) in [6, 6.07) is 14.0. The summed E-state index contributed by atoms with van der Waals surface area (Å²) in [5.41, 5.74) is 1.86. The molecular weight excluding hydrogens is 422 g/mol. The summed E-state index contributed by atoms with van der Waals surface area (Å²) in [6.07, 6.45) is 0.620. The van der Waals surface area contributed by atoms with E-state index in [1.54, 1.807) is 26.8 Å². The molecule has 3 rings (SSSR count). The van der Waals surface area contributed by atoms with Crippen molar-refractivity contribution < 1.29 is 28.9 Å². The number of aliphatic carboxylic acids is 1. The van der Waals surface area contributed by atoms with E-state index in [9.17, 15) is 14.7 Å². The van der Waals surface area contributed by atoms with Crippen LogP contribution in [0.4, 0.5) is 4.79 Å². The van der Waals surface area contributed by atoms with Crippen molar-refractivity contribution in [2.24, 2.45) is 0 Å². The van der Waals surface area contributed by atoms with Gasteiger partial charge in [0.25, 0.3) is 0 Å². The van der Waals surface area contributed by atoms with Crippen molar-refractivity contribution in [1.82, 2.24) is 4.90 Å². The zero-order chi connectivity index (χ0) is 24.0. The number of rotatable bonds is 8. The van der Waals surface area contributed by atoms with Crippen LogP contribution in [0, 0.1) is 0 Å². The molecule has 0 aromatic heterocycles. The van der Waals surface area contributed by atoms with E-state index in [4.69, 9.17) is 14.2 Å². The summed E-state index contributed by atoms with van der Waals surface area (Å²) in [4.78, 5) is 26.3.